The van der Waals surface area contributed by atoms with Gasteiger partial charge in [-0.25, -0.2) is 0 Å². The molecule has 108 valence electrons. The molecule has 0 heterocycles. The van der Waals surface area contributed by atoms with Gasteiger partial charge in [-0.05, 0) is 64.7 Å². The maximum atomic E-state index is 6.10. The normalized spacial score (nSPS) is 12.8. The monoisotopic (exact) mass is 327 g/mol. The highest BCUT2D eigenvalue weighted by molar-refractivity contribution is 9.10. The molecule has 3 nitrogen and oxygen atoms in total. The van der Waals surface area contributed by atoms with Crippen LogP contribution in [0, 0.1) is 0 Å². The standard InChI is InChI=1S/C15H26BrN3/c1-5-19(10-6-9-18(3)4)15-8-7-13(16)11-14(15)12(2)17/h7-8,11-12H,5-6,9-10,17H2,1-4H3. The highest BCUT2D eigenvalue weighted by Gasteiger charge is 2.13. The van der Waals surface area contributed by atoms with Gasteiger partial charge in [0.1, 0.15) is 0 Å². The summed E-state index contributed by atoms with van der Waals surface area (Å²) in [5.41, 5.74) is 8.57. The lowest BCUT2D eigenvalue weighted by molar-refractivity contribution is 0.400. The molecule has 1 atom stereocenters. The average molecular weight is 328 g/mol. The predicted molar refractivity (Wildman–Crippen MR) is 87.8 cm³/mol. The van der Waals surface area contributed by atoms with Gasteiger partial charge in [0.2, 0.25) is 0 Å². The van der Waals surface area contributed by atoms with Crippen LogP contribution in [0.4, 0.5) is 5.69 Å². The molecule has 0 radical (unpaired) electrons. The number of anilines is 1. The van der Waals surface area contributed by atoms with Crippen LogP contribution in [-0.4, -0.2) is 38.6 Å². The van der Waals surface area contributed by atoms with Crippen molar-refractivity contribution in [3.63, 3.8) is 0 Å². The summed E-state index contributed by atoms with van der Waals surface area (Å²) in [5.74, 6) is 0. The second kappa shape index (κ2) is 7.88. The molecule has 0 aliphatic rings. The van der Waals surface area contributed by atoms with E-state index in [0.717, 1.165) is 30.5 Å². The first-order valence-electron chi connectivity index (χ1n) is 6.90. The zero-order valence-electron chi connectivity index (χ0n) is 12.5. The quantitative estimate of drug-likeness (QED) is 0.834. The molecular formula is C15H26BrN3. The van der Waals surface area contributed by atoms with Crippen LogP contribution < -0.4 is 10.6 Å². The molecule has 0 saturated carbocycles. The van der Waals surface area contributed by atoms with E-state index in [0.29, 0.717) is 0 Å². The van der Waals surface area contributed by atoms with Crippen LogP contribution in [0.2, 0.25) is 0 Å². The summed E-state index contributed by atoms with van der Waals surface area (Å²) in [6.45, 7) is 7.42. The molecule has 0 bridgehead atoms. The van der Waals surface area contributed by atoms with E-state index in [1.807, 2.05) is 6.92 Å². The number of hydrogen-bond acceptors (Lipinski definition) is 3. The fourth-order valence-corrected chi connectivity index (χ4v) is 2.58. The molecule has 1 aromatic rings. The van der Waals surface area contributed by atoms with E-state index in [9.17, 15) is 0 Å². The predicted octanol–water partition coefficient (Wildman–Crippen LogP) is 3.25. The van der Waals surface area contributed by atoms with Crippen molar-refractivity contribution >= 4 is 21.6 Å². The molecule has 19 heavy (non-hydrogen) atoms. The van der Waals surface area contributed by atoms with Gasteiger partial charge >= 0.3 is 0 Å². The Morgan fingerprint density at radius 2 is 1.95 bits per heavy atom. The third kappa shape index (κ3) is 5.13. The van der Waals surface area contributed by atoms with Crippen molar-refractivity contribution in [1.82, 2.24) is 4.90 Å². The van der Waals surface area contributed by atoms with Gasteiger partial charge in [0.05, 0.1) is 0 Å². The lowest BCUT2D eigenvalue weighted by Gasteiger charge is -2.27. The summed E-state index contributed by atoms with van der Waals surface area (Å²) in [5, 5.41) is 0. The minimum Gasteiger partial charge on any atom is -0.371 e. The number of nitrogens with zero attached hydrogens (tertiary/aromatic N) is 2. The van der Waals surface area contributed by atoms with Crippen molar-refractivity contribution in [1.29, 1.82) is 0 Å². The Morgan fingerprint density at radius 1 is 1.26 bits per heavy atom. The molecule has 4 heteroatoms. The third-order valence-corrected chi connectivity index (χ3v) is 3.73. The van der Waals surface area contributed by atoms with Crippen LogP contribution in [0.5, 0.6) is 0 Å². The minimum atomic E-state index is 0.0513. The Hall–Kier alpha value is -0.580. The number of benzene rings is 1. The van der Waals surface area contributed by atoms with E-state index in [4.69, 9.17) is 5.73 Å². The van der Waals surface area contributed by atoms with Gasteiger partial charge in [0.15, 0.2) is 0 Å². The van der Waals surface area contributed by atoms with Crippen LogP contribution in [0.25, 0.3) is 0 Å². The molecule has 0 fully saturated rings. The van der Waals surface area contributed by atoms with Gasteiger partial charge in [0.25, 0.3) is 0 Å². The smallest absolute Gasteiger partial charge is 0.0415 e. The molecule has 1 unspecified atom stereocenters. The Labute approximate surface area is 125 Å². The first-order chi connectivity index (χ1) is 8.95. The molecule has 0 amide bonds. The number of halogens is 1. The second-order valence-corrected chi connectivity index (χ2v) is 6.14. The minimum absolute atomic E-state index is 0.0513. The fourth-order valence-electron chi connectivity index (χ4n) is 2.20. The van der Waals surface area contributed by atoms with Gasteiger partial charge in [-0.15, -0.1) is 0 Å². The SMILES string of the molecule is CCN(CCCN(C)C)c1ccc(Br)cc1C(C)N. The molecule has 1 rings (SSSR count). The van der Waals surface area contributed by atoms with Crippen LogP contribution in [0.1, 0.15) is 31.9 Å². The van der Waals surface area contributed by atoms with Gasteiger partial charge < -0.3 is 15.5 Å². The molecule has 0 aliphatic carbocycles. The van der Waals surface area contributed by atoms with E-state index < -0.39 is 0 Å². The number of hydrogen-bond donors (Lipinski definition) is 1. The van der Waals surface area contributed by atoms with Crippen LogP contribution in [-0.2, 0) is 0 Å². The summed E-state index contributed by atoms with van der Waals surface area (Å²) in [7, 11) is 4.23. The Morgan fingerprint density at radius 3 is 2.47 bits per heavy atom. The van der Waals surface area contributed by atoms with Crippen molar-refractivity contribution in [3.05, 3.63) is 28.2 Å². The van der Waals surface area contributed by atoms with Crippen molar-refractivity contribution in [2.24, 2.45) is 5.73 Å². The van der Waals surface area contributed by atoms with Crippen molar-refractivity contribution in [2.75, 3.05) is 38.6 Å². The molecule has 0 spiro atoms. The van der Waals surface area contributed by atoms with E-state index in [-0.39, 0.29) is 6.04 Å². The lowest BCUT2D eigenvalue weighted by Crippen LogP contribution is -2.28. The third-order valence-electron chi connectivity index (χ3n) is 3.24. The summed E-state index contributed by atoms with van der Waals surface area (Å²) < 4.78 is 1.09. The number of rotatable bonds is 7. The second-order valence-electron chi connectivity index (χ2n) is 5.23. The highest BCUT2D eigenvalue weighted by atomic mass is 79.9. The summed E-state index contributed by atoms with van der Waals surface area (Å²) >= 11 is 3.53. The topological polar surface area (TPSA) is 32.5 Å². The Balaban J connectivity index is 2.85. The van der Waals surface area contributed by atoms with Gasteiger partial charge in [-0.1, -0.05) is 15.9 Å². The Kier molecular flexibility index (Phi) is 6.83. The first kappa shape index (κ1) is 16.5. The summed E-state index contributed by atoms with van der Waals surface area (Å²) in [4.78, 5) is 4.64. The molecule has 1 aromatic carbocycles. The van der Waals surface area contributed by atoms with Crippen LogP contribution in [0.3, 0.4) is 0 Å². The molecule has 0 aromatic heterocycles. The molecule has 0 aliphatic heterocycles. The van der Waals surface area contributed by atoms with Gasteiger partial charge in [-0.3, -0.25) is 0 Å². The molecule has 0 saturated heterocycles. The van der Waals surface area contributed by atoms with Crippen molar-refractivity contribution in [3.8, 4) is 0 Å². The Bertz CT molecular complexity index is 391. The van der Waals surface area contributed by atoms with Gasteiger partial charge in [-0.2, -0.15) is 0 Å². The fraction of sp³-hybridized carbons (Fsp3) is 0.600. The van der Waals surface area contributed by atoms with Crippen molar-refractivity contribution in [2.45, 2.75) is 26.3 Å². The highest BCUT2D eigenvalue weighted by Crippen LogP contribution is 2.28. The van der Waals surface area contributed by atoms with E-state index >= 15 is 0 Å². The van der Waals surface area contributed by atoms with Crippen LogP contribution >= 0.6 is 15.9 Å². The summed E-state index contributed by atoms with van der Waals surface area (Å²) in [6, 6.07) is 6.45. The first-order valence-corrected chi connectivity index (χ1v) is 7.69. The van der Waals surface area contributed by atoms with Crippen molar-refractivity contribution < 1.29 is 0 Å². The molecule has 2 N–H and O–H groups in total. The zero-order chi connectivity index (χ0) is 14.4. The summed E-state index contributed by atoms with van der Waals surface area (Å²) in [6.07, 6.45) is 1.16. The van der Waals surface area contributed by atoms with E-state index in [1.165, 1.54) is 11.3 Å². The molecular weight excluding hydrogens is 302 g/mol. The van der Waals surface area contributed by atoms with Gasteiger partial charge in [0, 0.05) is 29.3 Å². The lowest BCUT2D eigenvalue weighted by atomic mass is 10.1. The average Bonchev–Trinajstić information content (AvgIpc) is 2.34. The van der Waals surface area contributed by atoms with E-state index in [1.54, 1.807) is 0 Å². The maximum absolute atomic E-state index is 6.10. The number of nitrogens with two attached hydrogens (primary N) is 1. The maximum Gasteiger partial charge on any atom is 0.0415 e. The zero-order valence-corrected chi connectivity index (χ0v) is 14.1. The van der Waals surface area contributed by atoms with Crippen LogP contribution in [0.15, 0.2) is 22.7 Å². The van der Waals surface area contributed by atoms with E-state index in [2.05, 4.69) is 64.9 Å². The largest absolute Gasteiger partial charge is 0.371 e.